The fraction of sp³-hybridized carbons (Fsp3) is 0.500. The quantitative estimate of drug-likeness (QED) is 0.730. The molecule has 0 saturated heterocycles. The van der Waals surface area contributed by atoms with E-state index in [1.54, 1.807) is 12.1 Å². The van der Waals surface area contributed by atoms with Gasteiger partial charge in [0, 0.05) is 0 Å². The Hall–Kier alpha value is -1.12. The van der Waals surface area contributed by atoms with E-state index in [1.165, 1.54) is 5.56 Å². The summed E-state index contributed by atoms with van der Waals surface area (Å²) in [5.41, 5.74) is 2.43. The number of halogens is 2. The summed E-state index contributed by atoms with van der Waals surface area (Å²) < 4.78 is 28.4. The van der Waals surface area contributed by atoms with Crippen molar-refractivity contribution < 1.29 is 13.5 Å². The van der Waals surface area contributed by atoms with Gasteiger partial charge in [-0.25, -0.2) is 0 Å². The van der Waals surface area contributed by atoms with E-state index in [1.807, 2.05) is 6.07 Å². The van der Waals surface area contributed by atoms with Gasteiger partial charge in [0.1, 0.15) is 5.75 Å². The minimum absolute atomic E-state index is 0.276. The second-order valence-corrected chi connectivity index (χ2v) is 4.16. The van der Waals surface area contributed by atoms with Crippen LogP contribution in [0.3, 0.4) is 0 Å². The van der Waals surface area contributed by atoms with E-state index in [2.05, 4.69) is 11.7 Å². The van der Waals surface area contributed by atoms with Crippen LogP contribution in [0.2, 0.25) is 0 Å². The Labute approximate surface area is 88.1 Å². The number of rotatable bonds is 2. The summed E-state index contributed by atoms with van der Waals surface area (Å²) in [7, 11) is 0. The molecule has 3 heteroatoms. The third-order valence-corrected chi connectivity index (χ3v) is 2.88. The smallest absolute Gasteiger partial charge is 0.387 e. The first-order chi connectivity index (χ1) is 7.15. The average molecular weight is 212 g/mol. The maximum Gasteiger partial charge on any atom is 0.387 e. The van der Waals surface area contributed by atoms with E-state index < -0.39 is 6.61 Å². The molecule has 1 atom stereocenters. The van der Waals surface area contributed by atoms with E-state index in [4.69, 9.17) is 0 Å². The summed E-state index contributed by atoms with van der Waals surface area (Å²) in [6, 6.07) is 5.28. The molecular weight excluding hydrogens is 198 g/mol. The highest BCUT2D eigenvalue weighted by molar-refractivity contribution is 5.37. The fourth-order valence-electron chi connectivity index (χ4n) is 2.09. The summed E-state index contributed by atoms with van der Waals surface area (Å²) in [5, 5.41) is 0. The summed E-state index contributed by atoms with van der Waals surface area (Å²) in [5.74, 6) is 0.970. The molecule has 0 radical (unpaired) electrons. The summed E-state index contributed by atoms with van der Waals surface area (Å²) >= 11 is 0. The molecule has 0 saturated carbocycles. The van der Waals surface area contributed by atoms with Crippen molar-refractivity contribution in [2.75, 3.05) is 0 Å². The average Bonchev–Trinajstić information content (AvgIpc) is 2.17. The number of hydrogen-bond donors (Lipinski definition) is 0. The summed E-state index contributed by atoms with van der Waals surface area (Å²) in [6.45, 7) is -0.516. The van der Waals surface area contributed by atoms with Gasteiger partial charge in [-0.1, -0.05) is 13.0 Å². The third-order valence-electron chi connectivity index (χ3n) is 2.88. The zero-order valence-electron chi connectivity index (χ0n) is 8.67. The monoisotopic (exact) mass is 212 g/mol. The zero-order chi connectivity index (χ0) is 10.8. The molecule has 15 heavy (non-hydrogen) atoms. The molecule has 1 aromatic carbocycles. The van der Waals surface area contributed by atoms with Gasteiger partial charge in [0.25, 0.3) is 0 Å². The molecule has 1 aromatic rings. The molecule has 0 fully saturated rings. The Kier molecular flexibility index (Phi) is 2.89. The van der Waals surface area contributed by atoms with Crippen LogP contribution in [0.5, 0.6) is 5.75 Å². The highest BCUT2D eigenvalue weighted by Gasteiger charge is 2.16. The molecule has 82 valence electrons. The van der Waals surface area contributed by atoms with Gasteiger partial charge in [-0.05, 0) is 48.4 Å². The molecule has 0 heterocycles. The lowest BCUT2D eigenvalue weighted by molar-refractivity contribution is -0.0499. The van der Waals surface area contributed by atoms with Crippen LogP contribution in [0.4, 0.5) is 8.78 Å². The minimum atomic E-state index is -2.73. The van der Waals surface area contributed by atoms with Crippen molar-refractivity contribution in [3.8, 4) is 5.75 Å². The number of aryl methyl sites for hydroxylation is 1. The van der Waals surface area contributed by atoms with Crippen molar-refractivity contribution in [3.63, 3.8) is 0 Å². The van der Waals surface area contributed by atoms with Gasteiger partial charge < -0.3 is 4.74 Å². The maximum atomic E-state index is 12.0. The zero-order valence-corrected chi connectivity index (χ0v) is 8.67. The van der Waals surface area contributed by atoms with Crippen LogP contribution in [0.15, 0.2) is 18.2 Å². The molecule has 0 aliphatic heterocycles. The SMILES string of the molecule is CC1CCc2cc(OC(F)F)ccc2C1. The number of benzene rings is 1. The molecule has 0 bridgehead atoms. The molecule has 0 amide bonds. The van der Waals surface area contributed by atoms with Crippen molar-refractivity contribution in [3.05, 3.63) is 29.3 Å². The molecule has 0 N–H and O–H groups in total. The normalized spacial score (nSPS) is 20.1. The van der Waals surface area contributed by atoms with Gasteiger partial charge in [0.05, 0.1) is 0 Å². The standard InChI is InChI=1S/C12H14F2O/c1-8-2-3-10-7-11(15-12(13)14)5-4-9(10)6-8/h4-5,7-8,12H,2-3,6H2,1H3. The van der Waals surface area contributed by atoms with E-state index in [0.29, 0.717) is 5.92 Å². The lowest BCUT2D eigenvalue weighted by Gasteiger charge is -2.21. The summed E-state index contributed by atoms with van der Waals surface area (Å²) in [4.78, 5) is 0. The van der Waals surface area contributed by atoms with Crippen molar-refractivity contribution in [2.24, 2.45) is 5.92 Å². The van der Waals surface area contributed by atoms with Gasteiger partial charge >= 0.3 is 6.61 Å². The van der Waals surface area contributed by atoms with Crippen LogP contribution in [0.1, 0.15) is 24.5 Å². The molecule has 2 rings (SSSR count). The Morgan fingerprint density at radius 2 is 2.13 bits per heavy atom. The van der Waals surface area contributed by atoms with Crippen molar-refractivity contribution >= 4 is 0 Å². The van der Waals surface area contributed by atoms with E-state index >= 15 is 0 Å². The predicted molar refractivity (Wildman–Crippen MR) is 54.3 cm³/mol. The highest BCUT2D eigenvalue weighted by Crippen LogP contribution is 2.28. The predicted octanol–water partition coefficient (Wildman–Crippen LogP) is 3.41. The first-order valence-electron chi connectivity index (χ1n) is 5.22. The number of fused-ring (bicyclic) bond motifs is 1. The Bertz CT molecular complexity index is 349. The van der Waals surface area contributed by atoms with Gasteiger partial charge in [0.2, 0.25) is 0 Å². The molecular formula is C12H14F2O. The largest absolute Gasteiger partial charge is 0.435 e. The van der Waals surface area contributed by atoms with Crippen LogP contribution in [-0.2, 0) is 12.8 Å². The van der Waals surface area contributed by atoms with Crippen LogP contribution in [0, 0.1) is 5.92 Å². The first-order valence-corrected chi connectivity index (χ1v) is 5.22. The van der Waals surface area contributed by atoms with Gasteiger partial charge in [-0.3, -0.25) is 0 Å². The number of alkyl halides is 2. The molecule has 1 aliphatic carbocycles. The molecule has 1 unspecified atom stereocenters. The Morgan fingerprint density at radius 1 is 1.33 bits per heavy atom. The maximum absolute atomic E-state index is 12.0. The molecule has 1 nitrogen and oxygen atoms in total. The van der Waals surface area contributed by atoms with Crippen molar-refractivity contribution in [1.82, 2.24) is 0 Å². The first kappa shape index (κ1) is 10.4. The summed E-state index contributed by atoms with van der Waals surface area (Å²) in [6.07, 6.45) is 3.15. The minimum Gasteiger partial charge on any atom is -0.435 e. The van der Waals surface area contributed by atoms with E-state index in [9.17, 15) is 8.78 Å². The second kappa shape index (κ2) is 4.17. The van der Waals surface area contributed by atoms with E-state index in [0.717, 1.165) is 24.8 Å². The van der Waals surface area contributed by atoms with Crippen molar-refractivity contribution in [2.45, 2.75) is 32.8 Å². The van der Waals surface area contributed by atoms with E-state index in [-0.39, 0.29) is 5.75 Å². The van der Waals surface area contributed by atoms with Crippen molar-refractivity contribution in [1.29, 1.82) is 0 Å². The van der Waals surface area contributed by atoms with Crippen LogP contribution < -0.4 is 4.74 Å². The lowest BCUT2D eigenvalue weighted by Crippen LogP contribution is -2.11. The lowest BCUT2D eigenvalue weighted by atomic mass is 9.85. The number of hydrogen-bond acceptors (Lipinski definition) is 1. The number of ether oxygens (including phenoxy) is 1. The second-order valence-electron chi connectivity index (χ2n) is 4.16. The molecule has 0 aromatic heterocycles. The highest BCUT2D eigenvalue weighted by atomic mass is 19.3. The molecule has 0 spiro atoms. The van der Waals surface area contributed by atoms with Crippen LogP contribution >= 0.6 is 0 Å². The van der Waals surface area contributed by atoms with Gasteiger partial charge in [-0.2, -0.15) is 8.78 Å². The van der Waals surface area contributed by atoms with Crippen LogP contribution in [0.25, 0.3) is 0 Å². The van der Waals surface area contributed by atoms with Gasteiger partial charge in [-0.15, -0.1) is 0 Å². The van der Waals surface area contributed by atoms with Gasteiger partial charge in [0.15, 0.2) is 0 Å². The molecule has 1 aliphatic rings. The fourth-order valence-corrected chi connectivity index (χ4v) is 2.09. The van der Waals surface area contributed by atoms with Crippen LogP contribution in [-0.4, -0.2) is 6.61 Å². The Balaban J connectivity index is 2.19. The Morgan fingerprint density at radius 3 is 2.87 bits per heavy atom. The third kappa shape index (κ3) is 2.46. The topological polar surface area (TPSA) is 9.23 Å².